The van der Waals surface area contributed by atoms with Gasteiger partial charge in [0.15, 0.2) is 0 Å². The van der Waals surface area contributed by atoms with E-state index in [1.54, 1.807) is 0 Å². The number of aliphatic hydroxyl groups excluding tert-OH is 6. The molecule has 43 heavy (non-hydrogen) atoms. The summed E-state index contributed by atoms with van der Waals surface area (Å²) in [6, 6.07) is -2.59. The molecule has 0 bridgehead atoms. The van der Waals surface area contributed by atoms with Gasteiger partial charge in [-0.1, -0.05) is 0 Å². The van der Waals surface area contributed by atoms with Gasteiger partial charge in [0.05, 0.1) is 36.5 Å². The van der Waals surface area contributed by atoms with Crippen molar-refractivity contribution in [2.45, 2.75) is 99.2 Å². The Bertz CT molecular complexity index is 887. The van der Waals surface area contributed by atoms with E-state index in [4.69, 9.17) is 19.7 Å². The van der Waals surface area contributed by atoms with E-state index in [1.165, 1.54) is 0 Å². The molecule has 2 fully saturated rings. The molecule has 2 aliphatic heterocycles. The Morgan fingerprint density at radius 3 is 1.23 bits per heavy atom. The summed E-state index contributed by atoms with van der Waals surface area (Å²) in [4.78, 5) is 44.2. The van der Waals surface area contributed by atoms with Gasteiger partial charge < -0.3 is 81.4 Å². The quantitative estimate of drug-likeness (QED) is 0.0985. The second-order valence-corrected chi connectivity index (χ2v) is 9.79. The molecule has 0 spiro atoms. The minimum absolute atomic E-state index is 0. The van der Waals surface area contributed by atoms with Crippen LogP contribution in [0.15, 0.2) is 0 Å². The van der Waals surface area contributed by atoms with Gasteiger partial charge in [-0.3, -0.25) is 9.59 Å². The van der Waals surface area contributed by atoms with Crippen LogP contribution >= 0.6 is 0 Å². The molecule has 244 valence electrons. The van der Waals surface area contributed by atoms with Crippen LogP contribution in [0.2, 0.25) is 0 Å². The van der Waals surface area contributed by atoms with E-state index in [9.17, 15) is 70.2 Å². The molecule has 0 saturated carbocycles. The van der Waals surface area contributed by atoms with Crippen molar-refractivity contribution in [3.05, 3.63) is 0 Å². The van der Waals surface area contributed by atoms with Crippen molar-refractivity contribution < 1.29 is 89.9 Å². The first kappa shape index (κ1) is 41.2. The molecular formula is C22H36MgN2O18. The Morgan fingerprint density at radius 1 is 0.744 bits per heavy atom. The van der Waals surface area contributed by atoms with Crippen molar-refractivity contribution >= 4 is 46.8 Å². The molecule has 0 aromatic rings. The molecule has 2 heterocycles. The molecule has 12 atom stereocenters. The Morgan fingerprint density at radius 2 is 1.02 bits per heavy atom. The van der Waals surface area contributed by atoms with Crippen molar-refractivity contribution in [2.24, 2.45) is 0 Å². The first-order valence-electron chi connectivity index (χ1n) is 12.3. The summed E-state index contributed by atoms with van der Waals surface area (Å²) in [6.45, 7) is -0.0127. The van der Waals surface area contributed by atoms with Crippen molar-refractivity contribution in [2.75, 3.05) is 13.2 Å². The second-order valence-electron chi connectivity index (χ2n) is 9.79. The van der Waals surface area contributed by atoms with Crippen LogP contribution in [0.4, 0.5) is 0 Å². The SMILES string of the molecule is CC(=O)N[C@H]1[C@H]([C@H](O)[C@H](O)C[O-])O[C@](O)(C(=O)O)C[C@@H]1O.CC(=O)N[C@H]1[C@H]([C@H](O)[C@H](O)C[O-])O[C@](O)(C(=O)O)C[C@@H]1O.[Mg+2]. The molecule has 2 saturated heterocycles. The van der Waals surface area contributed by atoms with E-state index in [0.717, 1.165) is 13.8 Å². The van der Waals surface area contributed by atoms with Crippen LogP contribution in [0.1, 0.15) is 26.7 Å². The topological polar surface area (TPSA) is 359 Å². The van der Waals surface area contributed by atoms with E-state index < -0.39 is 122 Å². The van der Waals surface area contributed by atoms with E-state index in [-0.39, 0.29) is 23.1 Å². The standard InChI is InChI=1S/2C11H18NO9.Mg/c2*1-4(14)12-7-5(15)2-11(20,10(18)19)21-9(7)8(17)6(16)3-13;/h2*5-9,15-17,20H,2-3H2,1H3,(H,12,14)(H,18,19);/q2*-1;+2/t2*5-,6+,7+,8+,9+,11-;/m00./s1. The number of rotatable bonds is 10. The van der Waals surface area contributed by atoms with Gasteiger partial charge in [0.2, 0.25) is 11.8 Å². The monoisotopic (exact) mass is 640 g/mol. The summed E-state index contributed by atoms with van der Waals surface area (Å²) in [5.74, 6) is -10.5. The average Bonchev–Trinajstić information content (AvgIpc) is 2.89. The molecule has 0 aromatic heterocycles. The number of aliphatic hydroxyl groups is 8. The van der Waals surface area contributed by atoms with E-state index in [2.05, 4.69) is 10.6 Å². The van der Waals surface area contributed by atoms with Crippen molar-refractivity contribution in [1.82, 2.24) is 10.6 Å². The van der Waals surface area contributed by atoms with Crippen LogP contribution in [0.25, 0.3) is 0 Å². The summed E-state index contributed by atoms with van der Waals surface area (Å²) in [7, 11) is 0. The summed E-state index contributed by atoms with van der Waals surface area (Å²) in [6.07, 6.45) is -15.5. The predicted octanol–water partition coefficient (Wildman–Crippen LogP) is -9.39. The van der Waals surface area contributed by atoms with Gasteiger partial charge >= 0.3 is 35.0 Å². The Hall–Kier alpha value is -1.83. The smallest absolute Gasteiger partial charge is 0.853 e. The third-order valence-corrected chi connectivity index (χ3v) is 6.38. The maximum absolute atomic E-state index is 11.1. The molecule has 0 radical (unpaired) electrons. The zero-order valence-corrected chi connectivity index (χ0v) is 24.5. The number of carboxylic acid groups (broad SMARTS) is 2. The molecule has 2 aliphatic rings. The third-order valence-electron chi connectivity index (χ3n) is 6.38. The first-order valence-corrected chi connectivity index (χ1v) is 12.3. The number of hydrogen-bond donors (Lipinski definition) is 12. The fourth-order valence-electron chi connectivity index (χ4n) is 4.25. The first-order chi connectivity index (χ1) is 19.2. The maximum Gasteiger partial charge on any atom is 2.00 e. The number of nitrogens with one attached hydrogen (secondary N) is 2. The van der Waals surface area contributed by atoms with Gasteiger partial charge in [-0.05, 0) is 0 Å². The van der Waals surface area contributed by atoms with Gasteiger partial charge in [0.25, 0.3) is 11.6 Å². The van der Waals surface area contributed by atoms with Crippen molar-refractivity contribution in [1.29, 1.82) is 0 Å². The van der Waals surface area contributed by atoms with E-state index in [0.29, 0.717) is 0 Å². The molecular weight excluding hydrogens is 605 g/mol. The number of carbonyl (C=O) groups excluding carboxylic acids is 2. The van der Waals surface area contributed by atoms with E-state index >= 15 is 0 Å². The van der Waals surface area contributed by atoms with Crippen LogP contribution in [-0.2, 0) is 28.7 Å². The Balaban J connectivity index is 0.000000802. The molecule has 0 unspecified atom stereocenters. The zero-order valence-electron chi connectivity index (χ0n) is 23.0. The molecule has 2 rings (SSSR count). The molecule has 2 amide bonds. The van der Waals surface area contributed by atoms with Crippen LogP contribution < -0.4 is 20.8 Å². The normalized spacial score (nSPS) is 35.0. The molecule has 0 aromatic carbocycles. The Kier molecular flexibility index (Phi) is 16.3. The second kappa shape index (κ2) is 17.0. The maximum atomic E-state index is 11.1. The van der Waals surface area contributed by atoms with Gasteiger partial charge in [0.1, 0.15) is 24.4 Å². The van der Waals surface area contributed by atoms with Gasteiger partial charge in [-0.15, -0.1) is 13.2 Å². The summed E-state index contributed by atoms with van der Waals surface area (Å²) < 4.78 is 9.67. The number of carbonyl (C=O) groups is 4. The minimum Gasteiger partial charge on any atom is -0.853 e. The van der Waals surface area contributed by atoms with Crippen molar-refractivity contribution in [3.63, 3.8) is 0 Å². The molecule has 20 nitrogen and oxygen atoms in total. The van der Waals surface area contributed by atoms with Gasteiger partial charge in [0, 0.05) is 26.7 Å². The number of ether oxygens (including phenoxy) is 2. The van der Waals surface area contributed by atoms with Crippen molar-refractivity contribution in [3.8, 4) is 0 Å². The third kappa shape index (κ3) is 10.6. The zero-order chi connectivity index (χ0) is 32.7. The summed E-state index contributed by atoms with van der Waals surface area (Å²) >= 11 is 0. The molecule has 12 N–H and O–H groups in total. The molecule has 21 heteroatoms. The largest absolute Gasteiger partial charge is 2.00 e. The average molecular weight is 641 g/mol. The summed E-state index contributed by atoms with van der Waals surface area (Å²) in [5, 5.41) is 121. The van der Waals surface area contributed by atoms with E-state index in [1.807, 2.05) is 0 Å². The van der Waals surface area contributed by atoms with Crippen LogP contribution in [0, 0.1) is 0 Å². The van der Waals surface area contributed by atoms with Gasteiger partial charge in [-0.2, -0.15) is 0 Å². The number of aliphatic carboxylic acids is 2. The van der Waals surface area contributed by atoms with Crippen LogP contribution in [-0.4, -0.2) is 184 Å². The fraction of sp³-hybridized carbons (Fsp3) is 0.818. The van der Waals surface area contributed by atoms with Gasteiger partial charge in [-0.25, -0.2) is 9.59 Å². The van der Waals surface area contributed by atoms with Crippen LogP contribution in [0.5, 0.6) is 0 Å². The Labute approximate surface area is 259 Å². The van der Waals surface area contributed by atoms with Crippen LogP contribution in [0.3, 0.4) is 0 Å². The number of carboxylic acids is 2. The predicted molar refractivity (Wildman–Crippen MR) is 131 cm³/mol. The minimum atomic E-state index is -2.80. The molecule has 0 aliphatic carbocycles. The number of hydrogen-bond acceptors (Lipinski definition) is 16. The fourth-order valence-corrected chi connectivity index (χ4v) is 4.25. The number of amides is 2. The summed E-state index contributed by atoms with van der Waals surface area (Å²) in [5.41, 5.74) is 0.